The summed E-state index contributed by atoms with van der Waals surface area (Å²) in [6.45, 7) is 4.18. The summed E-state index contributed by atoms with van der Waals surface area (Å²) in [5, 5.41) is 22.0. The summed E-state index contributed by atoms with van der Waals surface area (Å²) < 4.78 is 56.8. The number of amides is 1. The standard InChI is InChI=1S/C39H38F3N9O3/c1-20-28-25(41)7-6-21-14-23(52)15-24(30(21)28)35-29(20)33-31(26-8-10-43-51(26)35)36(45-38(44-33)54-19-39-9-4-12-49(39)17-22(40)16-39)48-11-5-13-50-27(18-48)32(42)34(46-50)37(53)47(2)3/h6-8,10,14-15,20,22,52H,4-5,9,11-13,16-19H2,1-3H3/t20?,22-,39+/m1/s1. The fraction of sp³-hybridized carbons (Fsp3) is 0.410. The minimum absolute atomic E-state index is 0.0294. The summed E-state index contributed by atoms with van der Waals surface area (Å²) >= 11 is 0. The van der Waals surface area contributed by atoms with Gasteiger partial charge in [0.25, 0.3) is 5.91 Å². The Balaban J connectivity index is 1.21. The van der Waals surface area contributed by atoms with Gasteiger partial charge in [-0.25, -0.2) is 17.7 Å². The van der Waals surface area contributed by atoms with Gasteiger partial charge in [-0.05, 0) is 60.8 Å². The first-order valence-corrected chi connectivity index (χ1v) is 18.4. The lowest BCUT2D eigenvalue weighted by Crippen LogP contribution is -2.43. The molecule has 4 aliphatic rings. The summed E-state index contributed by atoms with van der Waals surface area (Å²) in [5.41, 5.74) is 3.14. The molecule has 0 saturated carbocycles. The number of aromatic hydroxyl groups is 1. The van der Waals surface area contributed by atoms with E-state index in [0.717, 1.165) is 19.4 Å². The van der Waals surface area contributed by atoms with Crippen molar-refractivity contribution in [2.75, 3.05) is 45.2 Å². The highest BCUT2D eigenvalue weighted by Crippen LogP contribution is 2.51. The number of aryl methyl sites for hydroxylation is 1. The van der Waals surface area contributed by atoms with Crippen LogP contribution >= 0.6 is 0 Å². The van der Waals surface area contributed by atoms with Crippen LogP contribution in [0.25, 0.3) is 38.4 Å². The molecule has 6 aromatic rings. The first kappa shape index (κ1) is 33.2. The second kappa shape index (κ2) is 11.8. The molecular formula is C39H38F3N9O3. The van der Waals surface area contributed by atoms with E-state index in [1.807, 2.05) is 17.9 Å². The number of hydrogen-bond donors (Lipinski definition) is 1. The van der Waals surface area contributed by atoms with E-state index < -0.39 is 29.4 Å². The summed E-state index contributed by atoms with van der Waals surface area (Å²) in [4.78, 5) is 28.4. The van der Waals surface area contributed by atoms with Gasteiger partial charge >= 0.3 is 6.01 Å². The average Bonchev–Trinajstić information content (AvgIpc) is 3.88. The van der Waals surface area contributed by atoms with Crippen molar-refractivity contribution in [1.29, 1.82) is 0 Å². The number of carbonyl (C=O) groups excluding carboxylic acids is 1. The summed E-state index contributed by atoms with van der Waals surface area (Å²) in [6, 6.07) is 8.27. The number of hydrogen-bond acceptors (Lipinski definition) is 9. The maximum atomic E-state index is 16.1. The third kappa shape index (κ3) is 4.69. The van der Waals surface area contributed by atoms with Crippen molar-refractivity contribution in [1.82, 2.24) is 39.2 Å². The summed E-state index contributed by atoms with van der Waals surface area (Å²) in [6.07, 6.45) is 3.40. The van der Waals surface area contributed by atoms with Gasteiger partial charge in [0.1, 0.15) is 30.2 Å². The van der Waals surface area contributed by atoms with Crippen LogP contribution < -0.4 is 9.64 Å². The first-order chi connectivity index (χ1) is 26.0. The third-order valence-electron chi connectivity index (χ3n) is 12.0. The molecule has 15 heteroatoms. The van der Waals surface area contributed by atoms with Crippen LogP contribution in [0.2, 0.25) is 0 Å². The lowest BCUT2D eigenvalue weighted by atomic mass is 9.78. The van der Waals surface area contributed by atoms with Crippen LogP contribution in [0.3, 0.4) is 0 Å². The number of alkyl halides is 1. The average molecular weight is 738 g/mol. The van der Waals surface area contributed by atoms with Crippen molar-refractivity contribution in [3.8, 4) is 23.0 Å². The number of phenolic OH excluding ortho intramolecular Hbond substituents is 1. The van der Waals surface area contributed by atoms with Gasteiger partial charge in [-0.1, -0.05) is 13.0 Å². The van der Waals surface area contributed by atoms with Gasteiger partial charge < -0.3 is 19.6 Å². The quantitative estimate of drug-likeness (QED) is 0.234. The number of anilines is 1. The Hall–Kier alpha value is -5.44. The highest BCUT2D eigenvalue weighted by atomic mass is 19.1. The van der Waals surface area contributed by atoms with Crippen molar-refractivity contribution in [2.24, 2.45) is 0 Å². The summed E-state index contributed by atoms with van der Waals surface area (Å²) in [5.74, 6) is -1.61. The molecule has 54 heavy (non-hydrogen) atoms. The van der Waals surface area contributed by atoms with E-state index in [4.69, 9.17) is 19.8 Å². The zero-order chi connectivity index (χ0) is 37.2. The van der Waals surface area contributed by atoms with Crippen LogP contribution in [0.5, 0.6) is 11.8 Å². The Morgan fingerprint density at radius 2 is 1.93 bits per heavy atom. The number of halogens is 3. The number of rotatable bonds is 5. The molecule has 0 bridgehead atoms. The van der Waals surface area contributed by atoms with Gasteiger partial charge in [-0.3, -0.25) is 14.4 Å². The maximum Gasteiger partial charge on any atom is 0.319 e. The molecule has 2 fully saturated rings. The number of nitrogens with zero attached hydrogens (tertiary/aromatic N) is 9. The Bertz CT molecular complexity index is 2570. The van der Waals surface area contributed by atoms with Crippen molar-refractivity contribution in [3.63, 3.8) is 0 Å². The van der Waals surface area contributed by atoms with Crippen LogP contribution in [0.4, 0.5) is 19.0 Å². The molecule has 10 rings (SSSR count). The lowest BCUT2D eigenvalue weighted by Gasteiger charge is -2.32. The fourth-order valence-electron chi connectivity index (χ4n) is 9.59. The van der Waals surface area contributed by atoms with Gasteiger partial charge in [0.05, 0.1) is 46.1 Å². The minimum Gasteiger partial charge on any atom is -0.508 e. The number of benzene rings is 2. The highest BCUT2D eigenvalue weighted by Gasteiger charge is 2.49. The molecule has 4 aromatic heterocycles. The Labute approximate surface area is 307 Å². The monoisotopic (exact) mass is 737 g/mol. The molecule has 0 spiro atoms. The van der Waals surface area contributed by atoms with Gasteiger partial charge in [-0.2, -0.15) is 20.2 Å². The van der Waals surface area contributed by atoms with Crippen LogP contribution in [0.15, 0.2) is 36.5 Å². The molecule has 7 heterocycles. The molecule has 278 valence electrons. The van der Waals surface area contributed by atoms with Crippen molar-refractivity contribution < 1.29 is 27.8 Å². The largest absolute Gasteiger partial charge is 0.508 e. The number of pyridine rings is 1. The van der Waals surface area contributed by atoms with Crippen molar-refractivity contribution in [2.45, 2.75) is 63.3 Å². The van der Waals surface area contributed by atoms with E-state index in [1.165, 1.54) is 11.0 Å². The molecule has 2 saturated heterocycles. The SMILES string of the molecule is CC1c2c(n3nccc3c3c(N4CCCn5nc(C(=O)N(C)C)c(F)c5C4)nc(OC[C@@]45CCCN4C[C@H](F)C5)nc23)-c2cc(O)cc3ccc(F)c1c23. The van der Waals surface area contributed by atoms with Gasteiger partial charge in [0, 0.05) is 62.8 Å². The third-order valence-corrected chi connectivity index (χ3v) is 12.0. The Morgan fingerprint density at radius 1 is 1.07 bits per heavy atom. The zero-order valence-electron chi connectivity index (χ0n) is 30.1. The molecule has 1 amide bonds. The zero-order valence-corrected chi connectivity index (χ0v) is 30.1. The van der Waals surface area contributed by atoms with Gasteiger partial charge in [-0.15, -0.1) is 0 Å². The second-order valence-corrected chi connectivity index (χ2v) is 15.4. The van der Waals surface area contributed by atoms with E-state index in [2.05, 4.69) is 10.00 Å². The molecular weight excluding hydrogens is 699 g/mol. The van der Waals surface area contributed by atoms with E-state index in [1.54, 1.807) is 47.7 Å². The number of ether oxygens (including phenoxy) is 1. The van der Waals surface area contributed by atoms with Gasteiger partial charge in [0.15, 0.2) is 11.5 Å². The topological polar surface area (TPSA) is 117 Å². The first-order valence-electron chi connectivity index (χ1n) is 18.4. The van der Waals surface area contributed by atoms with Crippen molar-refractivity contribution >= 4 is 38.9 Å². The van der Waals surface area contributed by atoms with Crippen LogP contribution in [-0.4, -0.2) is 102 Å². The van der Waals surface area contributed by atoms with E-state index >= 15 is 8.78 Å². The Kier molecular flexibility index (Phi) is 7.23. The molecule has 2 aromatic carbocycles. The van der Waals surface area contributed by atoms with Crippen LogP contribution in [0.1, 0.15) is 65.8 Å². The number of aromatic nitrogens is 6. The summed E-state index contributed by atoms with van der Waals surface area (Å²) in [7, 11) is 3.11. The lowest BCUT2D eigenvalue weighted by molar-refractivity contribution is 0.0816. The number of phenols is 1. The van der Waals surface area contributed by atoms with Crippen LogP contribution in [-0.2, 0) is 13.1 Å². The maximum absolute atomic E-state index is 16.1. The normalized spacial score (nSPS) is 22.1. The number of fused-ring (bicyclic) bond motifs is 9. The minimum atomic E-state index is -0.944. The fourth-order valence-corrected chi connectivity index (χ4v) is 9.59. The predicted octanol–water partition coefficient (Wildman–Crippen LogP) is 5.81. The molecule has 1 aliphatic carbocycles. The van der Waals surface area contributed by atoms with Crippen LogP contribution in [0, 0.1) is 11.6 Å². The second-order valence-electron chi connectivity index (χ2n) is 15.4. The molecule has 3 aliphatic heterocycles. The van der Waals surface area contributed by atoms with E-state index in [0.29, 0.717) is 87.9 Å². The van der Waals surface area contributed by atoms with E-state index in [9.17, 15) is 14.3 Å². The highest BCUT2D eigenvalue weighted by molar-refractivity contribution is 6.11. The number of carbonyl (C=O) groups is 1. The predicted molar refractivity (Wildman–Crippen MR) is 195 cm³/mol. The Morgan fingerprint density at radius 3 is 2.76 bits per heavy atom. The molecule has 12 nitrogen and oxygen atoms in total. The molecule has 1 unspecified atom stereocenters. The molecule has 0 radical (unpaired) electrons. The smallest absolute Gasteiger partial charge is 0.319 e. The van der Waals surface area contributed by atoms with Gasteiger partial charge in [0.2, 0.25) is 0 Å². The molecule has 1 N–H and O–H groups in total. The van der Waals surface area contributed by atoms with Crippen molar-refractivity contribution in [3.05, 3.63) is 70.7 Å². The van der Waals surface area contributed by atoms with E-state index in [-0.39, 0.29) is 42.1 Å². The molecule has 3 atom stereocenters.